The summed E-state index contributed by atoms with van der Waals surface area (Å²) in [5.74, 6) is -0.585. The lowest BCUT2D eigenvalue weighted by molar-refractivity contribution is -0.385. The van der Waals surface area contributed by atoms with Crippen LogP contribution < -0.4 is 5.32 Å². The van der Waals surface area contributed by atoms with E-state index in [0.29, 0.717) is 25.3 Å². The Morgan fingerprint density at radius 1 is 1.55 bits per heavy atom. The zero-order valence-corrected chi connectivity index (χ0v) is 11.3. The highest BCUT2D eigenvalue weighted by molar-refractivity contribution is 5.35. The Morgan fingerprint density at radius 3 is 3.00 bits per heavy atom. The fourth-order valence-corrected chi connectivity index (χ4v) is 2.29. The summed E-state index contributed by atoms with van der Waals surface area (Å²) >= 11 is 0. The molecule has 1 fully saturated rings. The number of morpholine rings is 1. The first-order valence-corrected chi connectivity index (χ1v) is 6.49. The molecule has 1 aromatic carbocycles. The van der Waals surface area contributed by atoms with Crippen molar-refractivity contribution >= 4 is 5.69 Å². The maximum absolute atomic E-state index is 13.3. The number of halogens is 1. The van der Waals surface area contributed by atoms with Gasteiger partial charge in [0, 0.05) is 32.2 Å². The summed E-state index contributed by atoms with van der Waals surface area (Å²) < 4.78 is 18.9. The number of hydrogen-bond acceptors (Lipinski definition) is 5. The van der Waals surface area contributed by atoms with E-state index in [1.54, 1.807) is 0 Å². The quantitative estimate of drug-likeness (QED) is 0.648. The number of non-ortho nitro benzene ring substituents is 1. The number of nitrogens with one attached hydrogen (secondary N) is 1. The Labute approximate surface area is 116 Å². The maximum Gasteiger partial charge on any atom is 0.272 e. The molecule has 1 saturated heterocycles. The van der Waals surface area contributed by atoms with Crippen LogP contribution in [0, 0.1) is 15.9 Å². The van der Waals surface area contributed by atoms with Gasteiger partial charge in [-0.05, 0) is 18.7 Å². The Kier molecular flexibility index (Phi) is 4.99. The number of nitro groups is 1. The predicted molar refractivity (Wildman–Crippen MR) is 72.0 cm³/mol. The van der Waals surface area contributed by atoms with Crippen molar-refractivity contribution in [1.29, 1.82) is 0 Å². The van der Waals surface area contributed by atoms with Crippen molar-refractivity contribution < 1.29 is 14.1 Å². The number of hydrogen-bond donors (Lipinski definition) is 1. The van der Waals surface area contributed by atoms with Crippen LogP contribution in [0.25, 0.3) is 0 Å². The summed E-state index contributed by atoms with van der Waals surface area (Å²) in [6, 6.07) is 3.65. The number of rotatable bonds is 5. The molecular weight excluding hydrogens is 265 g/mol. The summed E-state index contributed by atoms with van der Waals surface area (Å²) in [4.78, 5) is 12.1. The molecule has 0 amide bonds. The summed E-state index contributed by atoms with van der Waals surface area (Å²) in [5.41, 5.74) is 0.368. The van der Waals surface area contributed by atoms with Crippen LogP contribution in [-0.2, 0) is 11.3 Å². The van der Waals surface area contributed by atoms with Crippen molar-refractivity contribution in [3.63, 3.8) is 0 Å². The molecule has 2 rings (SSSR count). The van der Waals surface area contributed by atoms with Crippen molar-refractivity contribution in [2.24, 2.45) is 0 Å². The van der Waals surface area contributed by atoms with Gasteiger partial charge in [0.1, 0.15) is 5.82 Å². The smallest absolute Gasteiger partial charge is 0.272 e. The van der Waals surface area contributed by atoms with Crippen molar-refractivity contribution in [2.75, 3.05) is 33.3 Å². The molecule has 0 bridgehead atoms. The van der Waals surface area contributed by atoms with Crippen LogP contribution in [0.15, 0.2) is 18.2 Å². The van der Waals surface area contributed by atoms with E-state index in [9.17, 15) is 14.5 Å². The van der Waals surface area contributed by atoms with Gasteiger partial charge in [0.25, 0.3) is 5.69 Å². The lowest BCUT2D eigenvalue weighted by Gasteiger charge is -2.28. The topological polar surface area (TPSA) is 67.6 Å². The van der Waals surface area contributed by atoms with E-state index < -0.39 is 10.7 Å². The number of benzene rings is 1. The molecule has 6 nitrogen and oxygen atoms in total. The average molecular weight is 283 g/mol. The van der Waals surface area contributed by atoms with Gasteiger partial charge in [-0.3, -0.25) is 15.0 Å². The molecule has 1 aromatic rings. The minimum absolute atomic E-state index is 0.0947. The summed E-state index contributed by atoms with van der Waals surface area (Å²) in [7, 11) is 1.88. The van der Waals surface area contributed by atoms with E-state index in [4.69, 9.17) is 4.74 Å². The summed E-state index contributed by atoms with van der Waals surface area (Å²) in [5, 5.41) is 13.9. The molecule has 1 unspecified atom stereocenters. The van der Waals surface area contributed by atoms with Crippen LogP contribution in [0.1, 0.15) is 5.56 Å². The van der Waals surface area contributed by atoms with Gasteiger partial charge in [0.2, 0.25) is 0 Å². The fourth-order valence-electron chi connectivity index (χ4n) is 2.29. The van der Waals surface area contributed by atoms with Gasteiger partial charge < -0.3 is 10.1 Å². The van der Waals surface area contributed by atoms with Crippen molar-refractivity contribution in [2.45, 2.75) is 12.6 Å². The zero-order valence-electron chi connectivity index (χ0n) is 11.3. The van der Waals surface area contributed by atoms with E-state index in [0.717, 1.165) is 19.2 Å². The van der Waals surface area contributed by atoms with Gasteiger partial charge in [-0.25, -0.2) is 4.39 Å². The molecule has 0 saturated carbocycles. The minimum Gasteiger partial charge on any atom is -0.374 e. The Bertz CT molecular complexity index is 478. The van der Waals surface area contributed by atoms with Crippen LogP contribution >= 0.6 is 0 Å². The second kappa shape index (κ2) is 6.74. The fraction of sp³-hybridized carbons (Fsp3) is 0.538. The van der Waals surface area contributed by atoms with Gasteiger partial charge in [0.15, 0.2) is 0 Å². The van der Waals surface area contributed by atoms with Crippen LogP contribution in [0.2, 0.25) is 0 Å². The Balaban J connectivity index is 1.96. The molecule has 0 spiro atoms. The van der Waals surface area contributed by atoms with E-state index >= 15 is 0 Å². The highest BCUT2D eigenvalue weighted by Gasteiger charge is 2.16. The van der Waals surface area contributed by atoms with Gasteiger partial charge in [-0.15, -0.1) is 0 Å². The number of nitrogens with zero attached hydrogens (tertiary/aromatic N) is 2. The molecule has 7 heteroatoms. The van der Waals surface area contributed by atoms with Crippen LogP contribution in [-0.4, -0.2) is 49.2 Å². The number of nitro benzene ring substituents is 1. The first-order chi connectivity index (χ1) is 9.54. The summed E-state index contributed by atoms with van der Waals surface area (Å²) in [6.07, 6.45) is 0.0947. The van der Waals surface area contributed by atoms with Gasteiger partial charge in [-0.2, -0.15) is 0 Å². The molecule has 20 heavy (non-hydrogen) atoms. The average Bonchev–Trinajstić information content (AvgIpc) is 2.38. The third-order valence-corrected chi connectivity index (χ3v) is 3.13. The molecule has 0 aromatic heterocycles. The van der Waals surface area contributed by atoms with E-state index in [1.165, 1.54) is 12.1 Å². The van der Waals surface area contributed by atoms with E-state index in [1.807, 2.05) is 11.9 Å². The van der Waals surface area contributed by atoms with Gasteiger partial charge in [-0.1, -0.05) is 0 Å². The lowest BCUT2D eigenvalue weighted by Crippen LogP contribution is -2.44. The highest BCUT2D eigenvalue weighted by atomic mass is 19.1. The zero-order chi connectivity index (χ0) is 14.5. The number of likely N-dealkylation sites (N-methyl/N-ethyl adjacent to an activating group) is 1. The second-order valence-electron chi connectivity index (χ2n) is 4.97. The molecule has 1 aliphatic heterocycles. The Hall–Kier alpha value is -1.57. The normalized spacial score (nSPS) is 19.2. The first kappa shape index (κ1) is 14.8. The summed E-state index contributed by atoms with van der Waals surface area (Å²) in [6.45, 7) is 3.46. The molecule has 1 heterocycles. The SMILES string of the molecule is CN(Cc1cc(F)cc([N+](=O)[O-])c1)CC1CNCCO1. The second-order valence-corrected chi connectivity index (χ2v) is 4.97. The molecule has 1 atom stereocenters. The van der Waals surface area contributed by atoms with Crippen molar-refractivity contribution in [3.05, 3.63) is 39.7 Å². The third kappa shape index (κ3) is 4.22. The minimum atomic E-state index is -0.585. The number of ether oxygens (including phenoxy) is 1. The largest absolute Gasteiger partial charge is 0.374 e. The highest BCUT2D eigenvalue weighted by Crippen LogP contribution is 2.17. The van der Waals surface area contributed by atoms with Crippen LogP contribution in [0.5, 0.6) is 0 Å². The first-order valence-electron chi connectivity index (χ1n) is 6.49. The molecular formula is C13H18FN3O3. The van der Waals surface area contributed by atoms with Crippen molar-refractivity contribution in [1.82, 2.24) is 10.2 Å². The monoisotopic (exact) mass is 283 g/mol. The molecule has 1 aliphatic rings. The van der Waals surface area contributed by atoms with E-state index in [2.05, 4.69) is 5.32 Å². The van der Waals surface area contributed by atoms with Crippen LogP contribution in [0.4, 0.5) is 10.1 Å². The van der Waals surface area contributed by atoms with Crippen LogP contribution in [0.3, 0.4) is 0 Å². The molecule has 0 aliphatic carbocycles. The molecule has 110 valence electrons. The predicted octanol–water partition coefficient (Wildman–Crippen LogP) is 1.15. The van der Waals surface area contributed by atoms with Gasteiger partial charge in [0.05, 0.1) is 23.7 Å². The lowest BCUT2D eigenvalue weighted by atomic mass is 10.1. The maximum atomic E-state index is 13.3. The van der Waals surface area contributed by atoms with Crippen molar-refractivity contribution in [3.8, 4) is 0 Å². The molecule has 0 radical (unpaired) electrons. The molecule has 1 N–H and O–H groups in total. The Morgan fingerprint density at radius 2 is 2.35 bits per heavy atom. The third-order valence-electron chi connectivity index (χ3n) is 3.13. The standard InChI is InChI=1S/C13H18FN3O3/c1-16(9-13-7-15-2-3-20-13)8-10-4-11(14)6-12(5-10)17(18)19/h4-6,13,15H,2-3,7-9H2,1H3. The van der Waals surface area contributed by atoms with Gasteiger partial charge >= 0.3 is 0 Å². The van der Waals surface area contributed by atoms with E-state index in [-0.39, 0.29) is 11.8 Å².